The van der Waals surface area contributed by atoms with Gasteiger partial charge in [0.25, 0.3) is 15.6 Å². The number of ketones is 1. The van der Waals surface area contributed by atoms with Crippen LogP contribution in [0.3, 0.4) is 0 Å². The van der Waals surface area contributed by atoms with E-state index in [1.54, 1.807) is 30.3 Å². The van der Waals surface area contributed by atoms with Crippen LogP contribution in [0.2, 0.25) is 0 Å². The second kappa shape index (κ2) is 6.43. The molecule has 0 aliphatic heterocycles. The number of sulfone groups is 1. The van der Waals surface area contributed by atoms with Gasteiger partial charge in [0.15, 0.2) is 0 Å². The SMILES string of the molecule is Cc1ccc(S(=O)(=O)C(=[N+]=[N-])C(=O)c2cccc3ccccc23)cc1. The molecule has 0 amide bonds. The van der Waals surface area contributed by atoms with E-state index in [0.29, 0.717) is 5.39 Å². The summed E-state index contributed by atoms with van der Waals surface area (Å²) in [7, 11) is -4.23. The fourth-order valence-corrected chi connectivity index (χ4v) is 3.77. The minimum atomic E-state index is -4.23. The first-order valence-corrected chi connectivity index (χ1v) is 9.00. The smallest absolute Gasteiger partial charge is 0.360 e. The van der Waals surface area contributed by atoms with E-state index < -0.39 is 20.7 Å². The Labute approximate surface area is 145 Å². The standard InChI is InChI=1S/C19H14N2O3S/c1-13-9-11-15(12-10-13)25(23,24)19(21-20)18(22)17-8-4-6-14-5-2-3-7-16(14)17/h2-12H,1H3. The van der Waals surface area contributed by atoms with E-state index in [-0.39, 0.29) is 10.5 Å². The number of rotatable bonds is 3. The predicted molar refractivity (Wildman–Crippen MR) is 95.3 cm³/mol. The van der Waals surface area contributed by atoms with Crippen molar-refractivity contribution in [2.24, 2.45) is 0 Å². The highest BCUT2D eigenvalue weighted by molar-refractivity contribution is 8.08. The third kappa shape index (κ3) is 3.01. The Morgan fingerprint density at radius 2 is 1.56 bits per heavy atom. The molecule has 0 aliphatic carbocycles. The highest BCUT2D eigenvalue weighted by Gasteiger charge is 2.38. The largest absolute Gasteiger partial charge is 0.456 e. The zero-order chi connectivity index (χ0) is 18.0. The van der Waals surface area contributed by atoms with Crippen molar-refractivity contribution < 1.29 is 18.0 Å². The summed E-state index contributed by atoms with van der Waals surface area (Å²) in [5.74, 6) is -0.847. The van der Waals surface area contributed by atoms with Gasteiger partial charge in [-0.25, -0.2) is 8.42 Å². The summed E-state index contributed by atoms with van der Waals surface area (Å²) in [6.07, 6.45) is 0. The van der Waals surface area contributed by atoms with Crippen molar-refractivity contribution in [2.45, 2.75) is 11.8 Å². The molecular weight excluding hydrogens is 336 g/mol. The molecule has 3 aromatic carbocycles. The second-order valence-electron chi connectivity index (χ2n) is 5.58. The van der Waals surface area contributed by atoms with E-state index >= 15 is 0 Å². The minimum absolute atomic E-state index is 0.0977. The Morgan fingerprint density at radius 3 is 2.24 bits per heavy atom. The summed E-state index contributed by atoms with van der Waals surface area (Å²) in [6, 6.07) is 18.1. The normalized spacial score (nSPS) is 11.1. The Balaban J connectivity index is 2.14. The predicted octanol–water partition coefficient (Wildman–Crippen LogP) is 3.43. The first-order valence-electron chi connectivity index (χ1n) is 7.51. The number of hydrogen-bond donors (Lipinski definition) is 0. The summed E-state index contributed by atoms with van der Waals surface area (Å²) < 4.78 is 25.4. The van der Waals surface area contributed by atoms with Crippen molar-refractivity contribution in [1.29, 1.82) is 0 Å². The van der Waals surface area contributed by atoms with Gasteiger partial charge in [0.1, 0.15) is 0 Å². The Hall–Kier alpha value is -3.08. The number of carbonyl (C=O) groups is 1. The van der Waals surface area contributed by atoms with Gasteiger partial charge in [0.2, 0.25) is 0 Å². The van der Waals surface area contributed by atoms with E-state index in [0.717, 1.165) is 10.9 Å². The van der Waals surface area contributed by atoms with Crippen LogP contribution in [0.4, 0.5) is 0 Å². The number of hydrogen-bond acceptors (Lipinski definition) is 3. The molecule has 0 heterocycles. The number of fused-ring (bicyclic) bond motifs is 1. The summed E-state index contributed by atoms with van der Waals surface area (Å²) in [5, 5.41) is 0.487. The van der Waals surface area contributed by atoms with Crippen molar-refractivity contribution in [2.75, 3.05) is 0 Å². The molecule has 0 radical (unpaired) electrons. The molecule has 0 aromatic heterocycles. The van der Waals surface area contributed by atoms with Gasteiger partial charge < -0.3 is 5.53 Å². The molecule has 0 aliphatic rings. The lowest BCUT2D eigenvalue weighted by atomic mass is 10.0. The maximum absolute atomic E-state index is 12.8. The number of Topliss-reactive ketones (excluding diaryl/α,β-unsaturated/α-hetero) is 1. The van der Waals surface area contributed by atoms with E-state index in [4.69, 9.17) is 0 Å². The summed E-state index contributed by atoms with van der Waals surface area (Å²) in [5.41, 5.74) is 10.3. The molecule has 3 aromatic rings. The molecule has 6 heteroatoms. The van der Waals surface area contributed by atoms with Crippen LogP contribution >= 0.6 is 0 Å². The molecular formula is C19H14N2O3S. The first kappa shape index (κ1) is 16.8. The van der Waals surface area contributed by atoms with Crippen molar-refractivity contribution in [3.63, 3.8) is 0 Å². The highest BCUT2D eigenvalue weighted by atomic mass is 32.2. The monoisotopic (exact) mass is 350 g/mol. The molecule has 25 heavy (non-hydrogen) atoms. The average molecular weight is 350 g/mol. The van der Waals surface area contributed by atoms with Crippen LogP contribution in [0.5, 0.6) is 0 Å². The quantitative estimate of drug-likeness (QED) is 0.238. The molecule has 0 saturated carbocycles. The van der Waals surface area contributed by atoms with Crippen LogP contribution in [0.25, 0.3) is 16.3 Å². The molecule has 0 spiro atoms. The Kier molecular flexibility index (Phi) is 4.31. The number of nitrogens with zero attached hydrogens (tertiary/aromatic N) is 2. The molecule has 0 N–H and O–H groups in total. The molecule has 0 fully saturated rings. The third-order valence-corrected chi connectivity index (χ3v) is 5.57. The van der Waals surface area contributed by atoms with Gasteiger partial charge >= 0.3 is 5.04 Å². The maximum Gasteiger partial charge on any atom is 0.456 e. The minimum Gasteiger partial charge on any atom is -0.360 e. The number of aryl methyl sites for hydroxylation is 1. The fourth-order valence-electron chi connectivity index (χ4n) is 2.59. The number of carbonyl (C=O) groups excluding carboxylic acids is 1. The van der Waals surface area contributed by atoms with Gasteiger partial charge in [-0.05, 0) is 29.8 Å². The third-order valence-electron chi connectivity index (χ3n) is 3.91. The van der Waals surface area contributed by atoms with Gasteiger partial charge in [0.05, 0.1) is 4.90 Å². The van der Waals surface area contributed by atoms with Crippen LogP contribution in [0.15, 0.2) is 71.6 Å². The molecule has 3 rings (SSSR count). The van der Waals surface area contributed by atoms with E-state index in [1.807, 2.05) is 25.1 Å². The van der Waals surface area contributed by atoms with Gasteiger partial charge in [-0.3, -0.25) is 4.79 Å². The average Bonchev–Trinajstić information content (AvgIpc) is 2.62. The lowest BCUT2D eigenvalue weighted by molar-refractivity contribution is -0.00156. The Bertz CT molecular complexity index is 1120. The van der Waals surface area contributed by atoms with E-state index in [9.17, 15) is 18.7 Å². The molecule has 5 nitrogen and oxygen atoms in total. The molecule has 0 unspecified atom stereocenters. The number of benzene rings is 3. The van der Waals surface area contributed by atoms with Gasteiger partial charge in [0, 0.05) is 5.56 Å². The molecule has 0 bridgehead atoms. The fraction of sp³-hybridized carbons (Fsp3) is 0.0526. The van der Waals surface area contributed by atoms with Crippen LogP contribution < -0.4 is 0 Å². The zero-order valence-electron chi connectivity index (χ0n) is 13.4. The summed E-state index contributed by atoms with van der Waals surface area (Å²) in [4.78, 5) is 15.5. The van der Waals surface area contributed by atoms with E-state index in [2.05, 4.69) is 4.79 Å². The lowest BCUT2D eigenvalue weighted by Gasteiger charge is -2.04. The van der Waals surface area contributed by atoms with E-state index in [1.165, 1.54) is 18.2 Å². The zero-order valence-corrected chi connectivity index (χ0v) is 14.2. The van der Waals surface area contributed by atoms with Crippen molar-refractivity contribution >= 4 is 31.4 Å². The lowest BCUT2D eigenvalue weighted by Crippen LogP contribution is -2.26. The molecule has 124 valence electrons. The van der Waals surface area contributed by atoms with Crippen LogP contribution in [0.1, 0.15) is 15.9 Å². The maximum atomic E-state index is 12.8. The van der Waals surface area contributed by atoms with Gasteiger partial charge in [-0.1, -0.05) is 60.2 Å². The van der Waals surface area contributed by atoms with Crippen molar-refractivity contribution in [3.05, 3.63) is 83.4 Å². The second-order valence-corrected chi connectivity index (χ2v) is 7.44. The summed E-state index contributed by atoms with van der Waals surface area (Å²) >= 11 is 0. The van der Waals surface area contributed by atoms with Gasteiger partial charge in [-0.15, -0.1) is 4.79 Å². The topological polar surface area (TPSA) is 87.6 Å². The van der Waals surface area contributed by atoms with Crippen LogP contribution in [0, 0.1) is 6.92 Å². The Morgan fingerprint density at radius 1 is 0.920 bits per heavy atom. The van der Waals surface area contributed by atoms with Crippen LogP contribution in [-0.2, 0) is 9.84 Å². The van der Waals surface area contributed by atoms with Crippen molar-refractivity contribution in [1.82, 2.24) is 0 Å². The summed E-state index contributed by atoms with van der Waals surface area (Å²) in [6.45, 7) is 1.82. The van der Waals surface area contributed by atoms with Crippen LogP contribution in [-0.4, -0.2) is 24.0 Å². The molecule has 0 atom stereocenters. The first-order chi connectivity index (χ1) is 11.9. The van der Waals surface area contributed by atoms with Crippen molar-refractivity contribution in [3.8, 4) is 0 Å². The van der Waals surface area contributed by atoms with Gasteiger partial charge in [-0.2, -0.15) is 0 Å². The highest BCUT2D eigenvalue weighted by Crippen LogP contribution is 2.21. The molecule has 0 saturated heterocycles.